The standard InChI is InChI=1S/C19H17F3N2O3/c1-12-9-17(25)23-15-7-2-3-8-16(15)24(12)18(26)11-27-14-6-4-5-13(10-14)19(20,21)22/h2-8,10,12H,9,11H2,1H3,(H,23,25). The largest absolute Gasteiger partial charge is 0.484 e. The van der Waals surface area contributed by atoms with E-state index in [0.717, 1.165) is 12.1 Å². The lowest BCUT2D eigenvalue weighted by atomic mass is 10.1. The molecular weight excluding hydrogens is 361 g/mol. The molecule has 2 aromatic rings. The summed E-state index contributed by atoms with van der Waals surface area (Å²) in [5.74, 6) is -0.726. The van der Waals surface area contributed by atoms with E-state index >= 15 is 0 Å². The number of hydrogen-bond donors (Lipinski definition) is 1. The minimum Gasteiger partial charge on any atom is -0.484 e. The van der Waals surface area contributed by atoms with E-state index < -0.39 is 30.3 Å². The van der Waals surface area contributed by atoms with Crippen LogP contribution in [0, 0.1) is 0 Å². The zero-order valence-electron chi connectivity index (χ0n) is 14.4. The fourth-order valence-corrected chi connectivity index (χ4v) is 2.94. The maximum atomic E-state index is 12.8. The molecule has 1 N–H and O–H groups in total. The number of halogens is 3. The highest BCUT2D eigenvalue weighted by Gasteiger charge is 2.31. The first-order valence-corrected chi connectivity index (χ1v) is 8.26. The normalized spacial score (nSPS) is 17.0. The van der Waals surface area contributed by atoms with Gasteiger partial charge in [-0.1, -0.05) is 18.2 Å². The molecule has 0 fully saturated rings. The van der Waals surface area contributed by atoms with Crippen molar-refractivity contribution in [1.82, 2.24) is 0 Å². The van der Waals surface area contributed by atoms with Gasteiger partial charge >= 0.3 is 6.18 Å². The van der Waals surface area contributed by atoms with Crippen LogP contribution in [0.5, 0.6) is 5.75 Å². The van der Waals surface area contributed by atoms with Crippen molar-refractivity contribution in [2.24, 2.45) is 0 Å². The summed E-state index contributed by atoms with van der Waals surface area (Å²) < 4.78 is 43.7. The number of rotatable bonds is 3. The Hall–Kier alpha value is -3.03. The van der Waals surface area contributed by atoms with Crippen molar-refractivity contribution in [2.75, 3.05) is 16.8 Å². The second-order valence-electron chi connectivity index (χ2n) is 6.20. The number of nitrogens with zero attached hydrogens (tertiary/aromatic N) is 1. The van der Waals surface area contributed by atoms with Crippen molar-refractivity contribution in [3.05, 3.63) is 54.1 Å². The van der Waals surface area contributed by atoms with Crippen LogP contribution in [0.4, 0.5) is 24.5 Å². The SMILES string of the molecule is CC1CC(=O)Nc2ccccc2N1C(=O)COc1cccc(C(F)(F)F)c1. The van der Waals surface area contributed by atoms with Crippen molar-refractivity contribution >= 4 is 23.2 Å². The number of nitrogens with one attached hydrogen (secondary N) is 1. The summed E-state index contributed by atoms with van der Waals surface area (Å²) in [5.41, 5.74) is 0.170. The lowest BCUT2D eigenvalue weighted by Gasteiger charge is -2.27. The minimum atomic E-state index is -4.49. The number of ether oxygens (including phenoxy) is 1. The van der Waals surface area contributed by atoms with Gasteiger partial charge in [-0.05, 0) is 37.3 Å². The molecule has 1 atom stereocenters. The summed E-state index contributed by atoms with van der Waals surface area (Å²) in [6.07, 6.45) is -4.39. The van der Waals surface area contributed by atoms with Crippen LogP contribution in [0.2, 0.25) is 0 Å². The number of fused-ring (bicyclic) bond motifs is 1. The monoisotopic (exact) mass is 378 g/mol. The smallest absolute Gasteiger partial charge is 0.416 e. The molecule has 0 saturated heterocycles. The molecule has 8 heteroatoms. The Morgan fingerprint density at radius 1 is 1.22 bits per heavy atom. The topological polar surface area (TPSA) is 58.6 Å². The van der Waals surface area contributed by atoms with Gasteiger partial charge in [-0.2, -0.15) is 13.2 Å². The summed E-state index contributed by atoms with van der Waals surface area (Å²) in [6, 6.07) is 10.8. The molecular formula is C19H17F3N2O3. The molecule has 1 heterocycles. The van der Waals surface area contributed by atoms with Crippen molar-refractivity contribution < 1.29 is 27.5 Å². The van der Waals surface area contributed by atoms with E-state index in [1.807, 2.05) is 0 Å². The third-order valence-corrected chi connectivity index (χ3v) is 4.15. The molecule has 27 heavy (non-hydrogen) atoms. The molecule has 0 radical (unpaired) electrons. The predicted molar refractivity (Wildman–Crippen MR) is 93.6 cm³/mol. The van der Waals surface area contributed by atoms with Crippen molar-refractivity contribution in [3.8, 4) is 5.75 Å². The van der Waals surface area contributed by atoms with Gasteiger partial charge < -0.3 is 15.0 Å². The fraction of sp³-hybridized carbons (Fsp3) is 0.263. The van der Waals surface area contributed by atoms with E-state index in [1.165, 1.54) is 17.0 Å². The van der Waals surface area contributed by atoms with Crippen LogP contribution in [0.15, 0.2) is 48.5 Å². The predicted octanol–water partition coefficient (Wildman–Crippen LogP) is 3.85. The average molecular weight is 378 g/mol. The zero-order valence-corrected chi connectivity index (χ0v) is 14.4. The zero-order chi connectivity index (χ0) is 19.6. The average Bonchev–Trinajstić information content (AvgIpc) is 2.73. The number of carbonyl (C=O) groups excluding carboxylic acids is 2. The number of hydrogen-bond acceptors (Lipinski definition) is 3. The second-order valence-corrected chi connectivity index (χ2v) is 6.20. The van der Waals surface area contributed by atoms with Gasteiger partial charge in [-0.3, -0.25) is 9.59 Å². The Morgan fingerprint density at radius 3 is 2.70 bits per heavy atom. The molecule has 0 bridgehead atoms. The van der Waals surface area contributed by atoms with Gasteiger partial charge in [0.05, 0.1) is 16.9 Å². The first-order valence-electron chi connectivity index (χ1n) is 8.26. The Bertz CT molecular complexity index is 867. The molecule has 5 nitrogen and oxygen atoms in total. The Balaban J connectivity index is 1.79. The third kappa shape index (κ3) is 4.21. The second kappa shape index (κ2) is 7.30. The number of para-hydroxylation sites is 2. The molecule has 2 amide bonds. The van der Waals surface area contributed by atoms with Crippen LogP contribution in [0.3, 0.4) is 0 Å². The van der Waals surface area contributed by atoms with Crippen LogP contribution < -0.4 is 15.0 Å². The third-order valence-electron chi connectivity index (χ3n) is 4.15. The summed E-state index contributed by atoms with van der Waals surface area (Å²) in [4.78, 5) is 26.1. The number of benzene rings is 2. The molecule has 0 aliphatic carbocycles. The molecule has 1 aliphatic rings. The maximum absolute atomic E-state index is 12.8. The maximum Gasteiger partial charge on any atom is 0.416 e. The van der Waals surface area contributed by atoms with Gasteiger partial charge in [0.2, 0.25) is 5.91 Å². The highest BCUT2D eigenvalue weighted by molar-refractivity contribution is 6.04. The Morgan fingerprint density at radius 2 is 1.96 bits per heavy atom. The molecule has 3 rings (SSSR count). The minimum absolute atomic E-state index is 0.0527. The van der Waals surface area contributed by atoms with E-state index in [2.05, 4.69) is 5.32 Å². The molecule has 0 aromatic heterocycles. The van der Waals surface area contributed by atoms with Crippen molar-refractivity contribution in [2.45, 2.75) is 25.6 Å². The number of amides is 2. The van der Waals surface area contributed by atoms with Gasteiger partial charge in [0.1, 0.15) is 5.75 Å². The van der Waals surface area contributed by atoms with Gasteiger partial charge in [0, 0.05) is 12.5 Å². The van der Waals surface area contributed by atoms with Crippen LogP contribution in [0.25, 0.3) is 0 Å². The highest BCUT2D eigenvalue weighted by atomic mass is 19.4. The van der Waals surface area contributed by atoms with E-state index in [9.17, 15) is 22.8 Å². The van der Waals surface area contributed by atoms with E-state index in [0.29, 0.717) is 11.4 Å². The molecule has 2 aromatic carbocycles. The van der Waals surface area contributed by atoms with E-state index in [1.54, 1.807) is 31.2 Å². The summed E-state index contributed by atoms with van der Waals surface area (Å²) >= 11 is 0. The fourth-order valence-electron chi connectivity index (χ4n) is 2.94. The Labute approximate surface area is 153 Å². The summed E-state index contributed by atoms with van der Waals surface area (Å²) in [6.45, 7) is 1.28. The molecule has 0 saturated carbocycles. The number of anilines is 2. The van der Waals surface area contributed by atoms with Gasteiger partial charge in [0.25, 0.3) is 5.91 Å². The summed E-state index contributed by atoms with van der Waals surface area (Å²) in [7, 11) is 0. The molecule has 0 spiro atoms. The van der Waals surface area contributed by atoms with E-state index in [-0.39, 0.29) is 18.1 Å². The van der Waals surface area contributed by atoms with Crippen molar-refractivity contribution in [3.63, 3.8) is 0 Å². The Kier molecular flexibility index (Phi) is 5.07. The highest BCUT2D eigenvalue weighted by Crippen LogP contribution is 2.33. The van der Waals surface area contributed by atoms with Gasteiger partial charge in [0.15, 0.2) is 6.61 Å². The molecule has 1 aliphatic heterocycles. The quantitative estimate of drug-likeness (QED) is 0.883. The number of carbonyl (C=O) groups is 2. The van der Waals surface area contributed by atoms with Crippen LogP contribution in [-0.4, -0.2) is 24.5 Å². The van der Waals surface area contributed by atoms with Crippen LogP contribution >= 0.6 is 0 Å². The summed E-state index contributed by atoms with van der Waals surface area (Å²) in [5, 5.41) is 2.74. The van der Waals surface area contributed by atoms with Crippen LogP contribution in [-0.2, 0) is 15.8 Å². The van der Waals surface area contributed by atoms with Crippen molar-refractivity contribution in [1.29, 1.82) is 0 Å². The lowest BCUT2D eigenvalue weighted by molar-refractivity contribution is -0.137. The lowest BCUT2D eigenvalue weighted by Crippen LogP contribution is -2.41. The first kappa shape index (κ1) is 18.8. The van der Waals surface area contributed by atoms with E-state index in [4.69, 9.17) is 4.74 Å². The number of alkyl halides is 3. The molecule has 142 valence electrons. The van der Waals surface area contributed by atoms with Gasteiger partial charge in [-0.25, -0.2) is 0 Å². The molecule has 1 unspecified atom stereocenters. The first-order chi connectivity index (χ1) is 12.8. The van der Waals surface area contributed by atoms with Gasteiger partial charge in [-0.15, -0.1) is 0 Å². The van der Waals surface area contributed by atoms with Crippen LogP contribution in [0.1, 0.15) is 18.9 Å².